The summed E-state index contributed by atoms with van der Waals surface area (Å²) in [5.74, 6) is 2.29. The summed E-state index contributed by atoms with van der Waals surface area (Å²) in [5.41, 5.74) is 6.49. The lowest BCUT2D eigenvalue weighted by molar-refractivity contribution is 0.340. The van der Waals surface area contributed by atoms with Crippen LogP contribution in [0.5, 0.6) is 5.75 Å². The zero-order valence-electron chi connectivity index (χ0n) is 12.3. The lowest BCUT2D eigenvalue weighted by atomic mass is 9.96. The highest BCUT2D eigenvalue weighted by Crippen LogP contribution is 2.24. The molecule has 0 unspecified atom stereocenters. The minimum atomic E-state index is -0.177. The molecule has 5 heteroatoms. The first-order valence-electron chi connectivity index (χ1n) is 6.65. The standard InChI is InChI=1S/C15H20N4O/c1-5-20-11-8-6-7-10(9-11)12-17-13(15(2,3)4)19-14(16)18-12/h6-9H,5H2,1-4H3,(H2,16,17,18,19). The Balaban J connectivity index is 2.47. The number of nitrogens with zero attached hydrogens (tertiary/aromatic N) is 3. The molecule has 0 amide bonds. The smallest absolute Gasteiger partial charge is 0.223 e. The van der Waals surface area contributed by atoms with Crippen LogP contribution in [-0.4, -0.2) is 21.6 Å². The van der Waals surface area contributed by atoms with Crippen LogP contribution in [0.3, 0.4) is 0 Å². The third-order valence-electron chi connectivity index (χ3n) is 2.73. The van der Waals surface area contributed by atoms with Gasteiger partial charge in [-0.05, 0) is 19.1 Å². The van der Waals surface area contributed by atoms with E-state index in [-0.39, 0.29) is 11.4 Å². The maximum atomic E-state index is 5.80. The normalized spacial score (nSPS) is 11.4. The highest BCUT2D eigenvalue weighted by molar-refractivity contribution is 5.58. The molecule has 2 rings (SSSR count). The van der Waals surface area contributed by atoms with Crippen molar-refractivity contribution in [3.63, 3.8) is 0 Å². The number of rotatable bonds is 3. The molecule has 2 aromatic rings. The maximum Gasteiger partial charge on any atom is 0.223 e. The third kappa shape index (κ3) is 3.23. The number of nitrogen functional groups attached to an aromatic ring is 1. The van der Waals surface area contributed by atoms with Gasteiger partial charge in [-0.1, -0.05) is 32.9 Å². The summed E-state index contributed by atoms with van der Waals surface area (Å²) >= 11 is 0. The van der Waals surface area contributed by atoms with E-state index in [4.69, 9.17) is 10.5 Å². The molecular formula is C15H20N4O. The topological polar surface area (TPSA) is 73.9 Å². The summed E-state index contributed by atoms with van der Waals surface area (Å²) in [6, 6.07) is 7.66. The SMILES string of the molecule is CCOc1cccc(-c2nc(N)nc(C(C)(C)C)n2)c1. The Morgan fingerprint density at radius 3 is 2.55 bits per heavy atom. The number of nitrogens with two attached hydrogens (primary N) is 1. The summed E-state index contributed by atoms with van der Waals surface area (Å²) in [4.78, 5) is 13.0. The summed E-state index contributed by atoms with van der Waals surface area (Å²) in [7, 11) is 0. The summed E-state index contributed by atoms with van der Waals surface area (Å²) in [5, 5.41) is 0. The second kappa shape index (κ2) is 5.45. The van der Waals surface area contributed by atoms with E-state index in [2.05, 4.69) is 15.0 Å². The van der Waals surface area contributed by atoms with Gasteiger partial charge in [0.2, 0.25) is 5.95 Å². The predicted octanol–water partition coefficient (Wildman–Crippen LogP) is 2.82. The van der Waals surface area contributed by atoms with Crippen molar-refractivity contribution in [2.75, 3.05) is 12.3 Å². The zero-order chi connectivity index (χ0) is 14.8. The van der Waals surface area contributed by atoms with E-state index in [0.29, 0.717) is 18.3 Å². The van der Waals surface area contributed by atoms with Crippen molar-refractivity contribution in [3.8, 4) is 17.1 Å². The first-order valence-corrected chi connectivity index (χ1v) is 6.65. The number of ether oxygens (including phenoxy) is 1. The van der Waals surface area contributed by atoms with Crippen LogP contribution in [0.25, 0.3) is 11.4 Å². The van der Waals surface area contributed by atoms with Crippen LogP contribution in [-0.2, 0) is 5.41 Å². The summed E-state index contributed by atoms with van der Waals surface area (Å²) in [6.07, 6.45) is 0. The molecule has 0 radical (unpaired) electrons. The monoisotopic (exact) mass is 272 g/mol. The van der Waals surface area contributed by atoms with Crippen molar-refractivity contribution in [2.45, 2.75) is 33.1 Å². The largest absolute Gasteiger partial charge is 0.494 e. The van der Waals surface area contributed by atoms with Crippen LogP contribution < -0.4 is 10.5 Å². The van der Waals surface area contributed by atoms with Crippen LogP contribution in [0, 0.1) is 0 Å². The molecule has 1 heterocycles. The van der Waals surface area contributed by atoms with E-state index in [1.807, 2.05) is 52.0 Å². The Kier molecular flexibility index (Phi) is 3.88. The van der Waals surface area contributed by atoms with Crippen molar-refractivity contribution < 1.29 is 4.74 Å². The highest BCUT2D eigenvalue weighted by atomic mass is 16.5. The quantitative estimate of drug-likeness (QED) is 0.930. The number of hydrogen-bond donors (Lipinski definition) is 1. The van der Waals surface area contributed by atoms with Gasteiger partial charge in [0.1, 0.15) is 11.6 Å². The van der Waals surface area contributed by atoms with Crippen LogP contribution in [0.4, 0.5) is 5.95 Å². The fraction of sp³-hybridized carbons (Fsp3) is 0.400. The fourth-order valence-electron chi connectivity index (χ4n) is 1.75. The van der Waals surface area contributed by atoms with Crippen molar-refractivity contribution in [2.24, 2.45) is 0 Å². The van der Waals surface area contributed by atoms with Gasteiger partial charge in [0.25, 0.3) is 0 Å². The fourth-order valence-corrected chi connectivity index (χ4v) is 1.75. The van der Waals surface area contributed by atoms with Crippen LogP contribution in [0.2, 0.25) is 0 Å². The molecule has 20 heavy (non-hydrogen) atoms. The first kappa shape index (κ1) is 14.2. The summed E-state index contributed by atoms with van der Waals surface area (Å²) < 4.78 is 5.49. The van der Waals surface area contributed by atoms with E-state index in [0.717, 1.165) is 11.3 Å². The van der Waals surface area contributed by atoms with Crippen molar-refractivity contribution in [1.29, 1.82) is 0 Å². The molecule has 0 saturated carbocycles. The van der Waals surface area contributed by atoms with E-state index in [1.165, 1.54) is 0 Å². The molecule has 0 aliphatic carbocycles. The number of hydrogen-bond acceptors (Lipinski definition) is 5. The average Bonchev–Trinajstić information content (AvgIpc) is 2.38. The van der Waals surface area contributed by atoms with Crippen LogP contribution in [0.1, 0.15) is 33.5 Å². The minimum Gasteiger partial charge on any atom is -0.494 e. The molecule has 0 aliphatic heterocycles. The molecular weight excluding hydrogens is 252 g/mol. The van der Waals surface area contributed by atoms with Crippen LogP contribution >= 0.6 is 0 Å². The number of anilines is 1. The van der Waals surface area contributed by atoms with Crippen LogP contribution in [0.15, 0.2) is 24.3 Å². The van der Waals surface area contributed by atoms with Gasteiger partial charge in [-0.25, -0.2) is 4.98 Å². The zero-order valence-corrected chi connectivity index (χ0v) is 12.3. The maximum absolute atomic E-state index is 5.80. The minimum absolute atomic E-state index is 0.177. The van der Waals surface area contributed by atoms with Gasteiger partial charge in [0.15, 0.2) is 5.82 Å². The van der Waals surface area contributed by atoms with E-state index < -0.39 is 0 Å². The Hall–Kier alpha value is -2.17. The average molecular weight is 272 g/mol. The Labute approximate surface area is 119 Å². The lowest BCUT2D eigenvalue weighted by Gasteiger charge is -2.17. The van der Waals surface area contributed by atoms with E-state index in [9.17, 15) is 0 Å². The molecule has 106 valence electrons. The van der Waals surface area contributed by atoms with Gasteiger partial charge in [-0.2, -0.15) is 9.97 Å². The van der Waals surface area contributed by atoms with Crippen molar-refractivity contribution in [1.82, 2.24) is 15.0 Å². The first-order chi connectivity index (χ1) is 9.40. The predicted molar refractivity (Wildman–Crippen MR) is 79.5 cm³/mol. The Bertz CT molecular complexity index is 605. The molecule has 0 fully saturated rings. The number of benzene rings is 1. The van der Waals surface area contributed by atoms with Gasteiger partial charge in [0.05, 0.1) is 6.61 Å². The molecule has 0 spiro atoms. The van der Waals surface area contributed by atoms with Crippen molar-refractivity contribution >= 4 is 5.95 Å². The Morgan fingerprint density at radius 1 is 1.15 bits per heavy atom. The van der Waals surface area contributed by atoms with Gasteiger partial charge >= 0.3 is 0 Å². The molecule has 0 bridgehead atoms. The summed E-state index contributed by atoms with van der Waals surface area (Å²) in [6.45, 7) is 8.70. The lowest BCUT2D eigenvalue weighted by Crippen LogP contribution is -2.18. The van der Waals surface area contributed by atoms with Crippen molar-refractivity contribution in [3.05, 3.63) is 30.1 Å². The van der Waals surface area contributed by atoms with E-state index in [1.54, 1.807) is 0 Å². The van der Waals surface area contributed by atoms with E-state index >= 15 is 0 Å². The Morgan fingerprint density at radius 2 is 1.90 bits per heavy atom. The molecule has 2 N–H and O–H groups in total. The molecule has 1 aromatic heterocycles. The van der Waals surface area contributed by atoms with Gasteiger partial charge in [-0.15, -0.1) is 0 Å². The second-order valence-corrected chi connectivity index (χ2v) is 5.55. The number of aromatic nitrogens is 3. The molecule has 0 saturated heterocycles. The molecule has 0 atom stereocenters. The highest BCUT2D eigenvalue weighted by Gasteiger charge is 2.19. The molecule has 1 aromatic carbocycles. The van der Waals surface area contributed by atoms with Gasteiger partial charge in [-0.3, -0.25) is 0 Å². The van der Waals surface area contributed by atoms with Gasteiger partial charge in [0, 0.05) is 11.0 Å². The molecule has 5 nitrogen and oxygen atoms in total. The van der Waals surface area contributed by atoms with Gasteiger partial charge < -0.3 is 10.5 Å². The molecule has 0 aliphatic rings. The second-order valence-electron chi connectivity index (χ2n) is 5.55. The third-order valence-corrected chi connectivity index (χ3v) is 2.73.